The Morgan fingerprint density at radius 3 is 2.60 bits per heavy atom. The number of hydrogen-bond donors (Lipinski definition) is 1. The van der Waals surface area contributed by atoms with Crippen LogP contribution in [-0.2, 0) is 31.0 Å². The first-order chi connectivity index (χ1) is 14.2. The highest BCUT2D eigenvalue weighted by Crippen LogP contribution is 2.27. The lowest BCUT2D eigenvalue weighted by molar-refractivity contribution is -0.141. The van der Waals surface area contributed by atoms with Crippen molar-refractivity contribution in [1.82, 2.24) is 24.6 Å². The number of pyridine rings is 2. The molecule has 3 rings (SSSR count). The summed E-state index contributed by atoms with van der Waals surface area (Å²) in [4.78, 5) is 21.7. The zero-order valence-corrected chi connectivity index (χ0v) is 16.1. The number of aryl methyl sites for hydroxylation is 1. The van der Waals surface area contributed by atoms with E-state index in [0.29, 0.717) is 16.8 Å². The van der Waals surface area contributed by atoms with Crippen molar-refractivity contribution in [3.8, 4) is 0 Å². The maximum absolute atomic E-state index is 12.9. The number of halogens is 3. The molecule has 1 amide bonds. The van der Waals surface area contributed by atoms with Gasteiger partial charge in [-0.05, 0) is 23.8 Å². The van der Waals surface area contributed by atoms with Crippen LogP contribution < -0.4 is 0 Å². The Bertz CT molecular complexity index is 974. The highest BCUT2D eigenvalue weighted by Gasteiger charge is 2.32. The van der Waals surface area contributed by atoms with Crippen LogP contribution in [-0.4, -0.2) is 42.2 Å². The fourth-order valence-electron chi connectivity index (χ4n) is 2.87. The number of rotatable bonds is 7. The number of carbonyl (C=O) groups excluding carboxylic acids is 1. The molecule has 7 nitrogen and oxygen atoms in total. The molecule has 0 aliphatic rings. The van der Waals surface area contributed by atoms with Crippen LogP contribution in [0.5, 0.6) is 0 Å². The van der Waals surface area contributed by atoms with E-state index in [-0.39, 0.29) is 25.4 Å². The van der Waals surface area contributed by atoms with Gasteiger partial charge in [0.1, 0.15) is 5.69 Å². The van der Waals surface area contributed by atoms with Crippen molar-refractivity contribution in [2.45, 2.75) is 25.2 Å². The van der Waals surface area contributed by atoms with E-state index in [4.69, 9.17) is 0 Å². The molecule has 10 heteroatoms. The molecule has 3 aromatic rings. The zero-order chi connectivity index (χ0) is 21.7. The summed E-state index contributed by atoms with van der Waals surface area (Å²) in [5, 5.41) is 14.8. The zero-order valence-electron chi connectivity index (χ0n) is 16.1. The monoisotopic (exact) mass is 419 g/mol. The molecule has 1 unspecified atom stereocenters. The van der Waals surface area contributed by atoms with Crippen molar-refractivity contribution in [2.75, 3.05) is 6.54 Å². The predicted octanol–water partition coefficient (Wildman–Crippen LogP) is 2.53. The van der Waals surface area contributed by atoms with Gasteiger partial charge in [0.05, 0.1) is 31.3 Å². The standard InChI is InChI=1S/C20H20F3N5O2/c1-27-8-6-16(26-27)12-28(13-17(29)15-3-2-7-24-11-15)19(30)9-14-4-5-18(25-10-14)20(21,22)23/h2-8,10-11,17,29H,9,12-13H2,1H3. The van der Waals surface area contributed by atoms with Crippen molar-refractivity contribution in [1.29, 1.82) is 0 Å². The SMILES string of the molecule is Cn1ccc(CN(CC(O)c2cccnc2)C(=O)Cc2ccc(C(F)(F)F)nc2)n1. The van der Waals surface area contributed by atoms with Gasteiger partial charge < -0.3 is 10.0 Å². The van der Waals surface area contributed by atoms with Gasteiger partial charge in [-0.3, -0.25) is 19.4 Å². The van der Waals surface area contributed by atoms with Crippen LogP contribution in [0.2, 0.25) is 0 Å². The fourth-order valence-corrected chi connectivity index (χ4v) is 2.87. The summed E-state index contributed by atoms with van der Waals surface area (Å²) in [7, 11) is 1.74. The van der Waals surface area contributed by atoms with Gasteiger partial charge in [0.15, 0.2) is 0 Å². The molecule has 0 aliphatic carbocycles. The van der Waals surface area contributed by atoms with Crippen molar-refractivity contribution >= 4 is 5.91 Å². The molecule has 0 saturated carbocycles. The second kappa shape index (κ2) is 9.04. The quantitative estimate of drug-likeness (QED) is 0.636. The normalized spacial score (nSPS) is 12.6. The van der Waals surface area contributed by atoms with Crippen molar-refractivity contribution in [2.24, 2.45) is 7.05 Å². The largest absolute Gasteiger partial charge is 0.433 e. The Hall–Kier alpha value is -3.27. The number of aromatic nitrogens is 4. The Morgan fingerprint density at radius 2 is 2.03 bits per heavy atom. The minimum Gasteiger partial charge on any atom is -0.386 e. The molecule has 1 N–H and O–H groups in total. The molecule has 0 aliphatic heterocycles. The maximum Gasteiger partial charge on any atom is 0.433 e. The lowest BCUT2D eigenvalue weighted by atomic mass is 10.1. The van der Waals surface area contributed by atoms with Crippen molar-refractivity contribution in [3.63, 3.8) is 0 Å². The van der Waals surface area contributed by atoms with Gasteiger partial charge in [0, 0.05) is 37.4 Å². The molecular formula is C20H20F3N5O2. The second-order valence-electron chi connectivity index (χ2n) is 6.78. The Morgan fingerprint density at radius 1 is 1.23 bits per heavy atom. The summed E-state index contributed by atoms with van der Waals surface area (Å²) >= 11 is 0. The third-order valence-corrected chi connectivity index (χ3v) is 4.41. The smallest absolute Gasteiger partial charge is 0.386 e. The topological polar surface area (TPSA) is 84.1 Å². The number of alkyl halides is 3. The Balaban J connectivity index is 1.75. The first kappa shape index (κ1) is 21.4. The molecule has 3 aromatic heterocycles. The van der Waals surface area contributed by atoms with Crippen LogP contribution in [0.4, 0.5) is 13.2 Å². The minimum absolute atomic E-state index is 0.0187. The van der Waals surface area contributed by atoms with Gasteiger partial charge in [0.2, 0.25) is 5.91 Å². The van der Waals surface area contributed by atoms with E-state index in [1.807, 2.05) is 0 Å². The van der Waals surface area contributed by atoms with Gasteiger partial charge in [-0.15, -0.1) is 0 Å². The van der Waals surface area contributed by atoms with E-state index in [1.54, 1.807) is 42.3 Å². The number of aliphatic hydroxyl groups is 1. The van der Waals surface area contributed by atoms with E-state index >= 15 is 0 Å². The number of hydrogen-bond acceptors (Lipinski definition) is 5. The average Bonchev–Trinajstić information content (AvgIpc) is 3.12. The van der Waals surface area contributed by atoms with E-state index in [1.165, 1.54) is 17.2 Å². The van der Waals surface area contributed by atoms with E-state index in [9.17, 15) is 23.1 Å². The molecule has 30 heavy (non-hydrogen) atoms. The number of amides is 1. The van der Waals surface area contributed by atoms with Gasteiger partial charge in [-0.2, -0.15) is 18.3 Å². The fraction of sp³-hybridized carbons (Fsp3) is 0.300. The molecule has 0 spiro atoms. The van der Waals surface area contributed by atoms with Crippen molar-refractivity contribution < 1.29 is 23.1 Å². The highest BCUT2D eigenvalue weighted by molar-refractivity contribution is 5.78. The third-order valence-electron chi connectivity index (χ3n) is 4.41. The third kappa shape index (κ3) is 5.63. The van der Waals surface area contributed by atoms with E-state index in [2.05, 4.69) is 15.1 Å². The molecule has 0 saturated heterocycles. The van der Waals surface area contributed by atoms with Crippen LogP contribution in [0.1, 0.15) is 28.6 Å². The second-order valence-corrected chi connectivity index (χ2v) is 6.78. The van der Waals surface area contributed by atoms with E-state index < -0.39 is 18.0 Å². The molecular weight excluding hydrogens is 399 g/mol. The first-order valence-electron chi connectivity index (χ1n) is 9.09. The first-order valence-corrected chi connectivity index (χ1v) is 9.09. The minimum atomic E-state index is -4.54. The van der Waals surface area contributed by atoms with Crippen LogP contribution >= 0.6 is 0 Å². The van der Waals surface area contributed by atoms with E-state index in [0.717, 1.165) is 12.3 Å². The summed E-state index contributed by atoms with van der Waals surface area (Å²) in [5.74, 6) is -0.370. The number of aliphatic hydroxyl groups excluding tert-OH is 1. The van der Waals surface area contributed by atoms with Gasteiger partial charge in [0.25, 0.3) is 0 Å². The average molecular weight is 419 g/mol. The molecule has 0 fully saturated rings. The van der Waals surface area contributed by atoms with Gasteiger partial charge in [-0.25, -0.2) is 0 Å². The number of carbonyl (C=O) groups is 1. The summed E-state index contributed by atoms with van der Waals surface area (Å²) in [6.07, 6.45) is 0.182. The van der Waals surface area contributed by atoms with Crippen LogP contribution in [0.25, 0.3) is 0 Å². The predicted molar refractivity (Wildman–Crippen MR) is 101 cm³/mol. The Kier molecular flexibility index (Phi) is 6.46. The van der Waals surface area contributed by atoms with Crippen LogP contribution in [0, 0.1) is 0 Å². The highest BCUT2D eigenvalue weighted by atomic mass is 19.4. The van der Waals surface area contributed by atoms with Crippen LogP contribution in [0.15, 0.2) is 55.1 Å². The molecule has 1 atom stereocenters. The summed E-state index contributed by atoms with van der Waals surface area (Å²) in [6, 6.07) is 7.19. The molecule has 3 heterocycles. The molecule has 0 radical (unpaired) electrons. The maximum atomic E-state index is 12.9. The summed E-state index contributed by atoms with van der Waals surface area (Å²) < 4.78 is 39.6. The number of nitrogens with zero attached hydrogens (tertiary/aromatic N) is 5. The summed E-state index contributed by atoms with van der Waals surface area (Å²) in [5.41, 5.74) is 0.494. The van der Waals surface area contributed by atoms with Gasteiger partial charge >= 0.3 is 6.18 Å². The molecule has 0 bridgehead atoms. The molecule has 0 aromatic carbocycles. The Labute approximate surface area is 170 Å². The lowest BCUT2D eigenvalue weighted by Crippen LogP contribution is -2.35. The lowest BCUT2D eigenvalue weighted by Gasteiger charge is -2.25. The van der Waals surface area contributed by atoms with Gasteiger partial charge in [-0.1, -0.05) is 12.1 Å². The van der Waals surface area contributed by atoms with Crippen molar-refractivity contribution in [3.05, 3.63) is 77.6 Å². The molecule has 158 valence electrons. The van der Waals surface area contributed by atoms with Crippen LogP contribution in [0.3, 0.4) is 0 Å². The summed E-state index contributed by atoms with van der Waals surface area (Å²) in [6.45, 7) is 0.125.